The maximum absolute atomic E-state index is 13.7. The molecule has 0 saturated carbocycles. The Morgan fingerprint density at radius 2 is 2.00 bits per heavy atom. The summed E-state index contributed by atoms with van der Waals surface area (Å²) < 4.78 is 18.7. The maximum atomic E-state index is 13.7. The number of benzene rings is 1. The van der Waals surface area contributed by atoms with E-state index in [1.807, 2.05) is 6.92 Å². The summed E-state index contributed by atoms with van der Waals surface area (Å²) in [6, 6.07) is 4.49. The fourth-order valence-corrected chi connectivity index (χ4v) is 1.68. The van der Waals surface area contributed by atoms with Crippen molar-refractivity contribution < 1.29 is 9.13 Å². The molecule has 20 heavy (non-hydrogen) atoms. The third-order valence-corrected chi connectivity index (χ3v) is 2.65. The van der Waals surface area contributed by atoms with Crippen molar-refractivity contribution in [3.05, 3.63) is 29.0 Å². The summed E-state index contributed by atoms with van der Waals surface area (Å²) in [4.78, 5) is 12.1. The highest BCUT2D eigenvalue weighted by Gasteiger charge is 2.11. The van der Waals surface area contributed by atoms with E-state index in [-0.39, 0.29) is 22.7 Å². The zero-order valence-electron chi connectivity index (χ0n) is 10.9. The Balaban J connectivity index is 2.35. The van der Waals surface area contributed by atoms with Gasteiger partial charge in [0.25, 0.3) is 0 Å². The van der Waals surface area contributed by atoms with Crippen LogP contribution >= 0.6 is 11.6 Å². The van der Waals surface area contributed by atoms with E-state index >= 15 is 0 Å². The van der Waals surface area contributed by atoms with Gasteiger partial charge in [-0.1, -0.05) is 17.7 Å². The Morgan fingerprint density at radius 1 is 1.25 bits per heavy atom. The van der Waals surface area contributed by atoms with Gasteiger partial charge in [-0.15, -0.1) is 0 Å². The second-order valence-electron chi connectivity index (χ2n) is 3.72. The summed E-state index contributed by atoms with van der Waals surface area (Å²) in [5, 5.41) is 5.88. The van der Waals surface area contributed by atoms with Gasteiger partial charge in [0.15, 0.2) is 0 Å². The van der Waals surface area contributed by atoms with Crippen LogP contribution in [0.3, 0.4) is 0 Å². The van der Waals surface area contributed by atoms with Gasteiger partial charge < -0.3 is 15.4 Å². The molecular weight excluding hydrogens is 285 g/mol. The van der Waals surface area contributed by atoms with Crippen molar-refractivity contribution in [2.45, 2.75) is 6.92 Å². The number of nitrogens with zero attached hydrogens (tertiary/aromatic N) is 3. The number of halogens is 2. The van der Waals surface area contributed by atoms with Crippen LogP contribution in [0.15, 0.2) is 18.2 Å². The number of ether oxygens (including phenoxy) is 1. The first-order chi connectivity index (χ1) is 9.63. The van der Waals surface area contributed by atoms with E-state index in [0.29, 0.717) is 12.5 Å². The van der Waals surface area contributed by atoms with Gasteiger partial charge in [0, 0.05) is 6.54 Å². The van der Waals surface area contributed by atoms with Gasteiger partial charge in [-0.2, -0.15) is 15.0 Å². The van der Waals surface area contributed by atoms with Crippen LogP contribution in [0.4, 0.5) is 22.0 Å². The number of anilines is 3. The Morgan fingerprint density at radius 3 is 2.65 bits per heavy atom. The third kappa shape index (κ3) is 3.24. The van der Waals surface area contributed by atoms with Gasteiger partial charge in [-0.05, 0) is 19.1 Å². The van der Waals surface area contributed by atoms with E-state index in [2.05, 4.69) is 25.6 Å². The van der Waals surface area contributed by atoms with Crippen LogP contribution < -0.4 is 15.4 Å². The van der Waals surface area contributed by atoms with Gasteiger partial charge in [0.05, 0.1) is 17.8 Å². The Bertz CT molecular complexity index is 590. The lowest BCUT2D eigenvalue weighted by atomic mass is 10.3. The molecule has 0 fully saturated rings. The van der Waals surface area contributed by atoms with Crippen molar-refractivity contribution in [2.75, 3.05) is 24.3 Å². The van der Waals surface area contributed by atoms with E-state index in [9.17, 15) is 4.39 Å². The Hall–Kier alpha value is -2.15. The predicted octanol–water partition coefficient (Wildman–Crippen LogP) is 2.85. The first-order valence-electron chi connectivity index (χ1n) is 5.89. The number of hydrogen-bond acceptors (Lipinski definition) is 6. The molecule has 2 N–H and O–H groups in total. The molecule has 0 radical (unpaired) electrons. The maximum Gasteiger partial charge on any atom is 0.322 e. The SMILES string of the molecule is CCNc1nc(Nc2c(F)cccc2Cl)nc(OC)n1. The standard InChI is InChI=1S/C12H13ClFN5O/c1-3-15-10-17-11(19-12(18-10)20-2)16-9-7(13)5-4-6-8(9)14/h4-6H,3H2,1-2H3,(H2,15,16,17,18,19). The summed E-state index contributed by atoms with van der Waals surface area (Å²) in [5.41, 5.74) is 0.102. The highest BCUT2D eigenvalue weighted by Crippen LogP contribution is 2.27. The highest BCUT2D eigenvalue weighted by molar-refractivity contribution is 6.33. The number of para-hydroxylation sites is 1. The summed E-state index contributed by atoms with van der Waals surface area (Å²) in [6.45, 7) is 2.53. The van der Waals surface area contributed by atoms with Crippen molar-refractivity contribution in [3.63, 3.8) is 0 Å². The minimum absolute atomic E-state index is 0.102. The van der Waals surface area contributed by atoms with E-state index in [4.69, 9.17) is 16.3 Å². The molecule has 8 heteroatoms. The lowest BCUT2D eigenvalue weighted by Gasteiger charge is -2.10. The van der Waals surface area contributed by atoms with Crippen LogP contribution in [0.25, 0.3) is 0 Å². The molecule has 2 aromatic rings. The Kier molecular flexibility index (Phi) is 4.52. The summed E-state index contributed by atoms with van der Waals surface area (Å²) in [6.07, 6.45) is 0. The second kappa shape index (κ2) is 6.33. The highest BCUT2D eigenvalue weighted by atomic mass is 35.5. The fraction of sp³-hybridized carbons (Fsp3) is 0.250. The molecule has 0 spiro atoms. The van der Waals surface area contributed by atoms with Crippen LogP contribution in [0.1, 0.15) is 6.92 Å². The van der Waals surface area contributed by atoms with Crippen LogP contribution in [-0.4, -0.2) is 28.6 Å². The van der Waals surface area contributed by atoms with Gasteiger partial charge in [0.2, 0.25) is 11.9 Å². The topological polar surface area (TPSA) is 72.0 Å². The van der Waals surface area contributed by atoms with Gasteiger partial charge in [-0.3, -0.25) is 0 Å². The monoisotopic (exact) mass is 297 g/mol. The summed E-state index contributed by atoms with van der Waals surface area (Å²) in [7, 11) is 1.44. The third-order valence-electron chi connectivity index (χ3n) is 2.33. The van der Waals surface area contributed by atoms with Crippen LogP contribution in [0.2, 0.25) is 5.02 Å². The van der Waals surface area contributed by atoms with E-state index < -0.39 is 5.82 Å². The summed E-state index contributed by atoms with van der Waals surface area (Å²) in [5.74, 6) is -0.0315. The second-order valence-corrected chi connectivity index (χ2v) is 4.13. The quantitative estimate of drug-likeness (QED) is 0.884. The van der Waals surface area contributed by atoms with Crippen LogP contribution in [0.5, 0.6) is 6.01 Å². The molecule has 6 nitrogen and oxygen atoms in total. The molecule has 0 bridgehead atoms. The molecule has 2 rings (SSSR count). The van der Waals surface area contributed by atoms with Crippen molar-refractivity contribution >= 4 is 29.2 Å². The molecule has 106 valence electrons. The molecule has 0 saturated heterocycles. The fourth-order valence-electron chi connectivity index (χ4n) is 1.47. The first kappa shape index (κ1) is 14.3. The van der Waals surface area contributed by atoms with E-state index in [1.165, 1.54) is 19.2 Å². The molecule has 1 heterocycles. The lowest BCUT2D eigenvalue weighted by molar-refractivity contribution is 0.379. The largest absolute Gasteiger partial charge is 0.467 e. The minimum Gasteiger partial charge on any atom is -0.467 e. The lowest BCUT2D eigenvalue weighted by Crippen LogP contribution is -2.08. The normalized spacial score (nSPS) is 10.2. The average molecular weight is 298 g/mol. The Labute approximate surface area is 120 Å². The zero-order valence-corrected chi connectivity index (χ0v) is 11.7. The number of methoxy groups -OCH3 is 1. The number of rotatable bonds is 5. The molecule has 0 atom stereocenters. The molecule has 0 aliphatic heterocycles. The number of nitrogens with one attached hydrogen (secondary N) is 2. The van der Waals surface area contributed by atoms with E-state index in [1.54, 1.807) is 6.07 Å². The average Bonchev–Trinajstić information content (AvgIpc) is 2.43. The molecule has 0 aliphatic carbocycles. The van der Waals surface area contributed by atoms with Gasteiger partial charge in [0.1, 0.15) is 5.82 Å². The molecule has 0 aliphatic rings. The molecular formula is C12H13ClFN5O. The van der Waals surface area contributed by atoms with Crippen molar-refractivity contribution in [3.8, 4) is 6.01 Å². The van der Waals surface area contributed by atoms with Crippen LogP contribution in [-0.2, 0) is 0 Å². The molecule has 1 aromatic carbocycles. The van der Waals surface area contributed by atoms with Crippen molar-refractivity contribution in [1.82, 2.24) is 15.0 Å². The zero-order chi connectivity index (χ0) is 14.5. The first-order valence-corrected chi connectivity index (χ1v) is 6.26. The minimum atomic E-state index is -0.498. The van der Waals surface area contributed by atoms with E-state index in [0.717, 1.165) is 0 Å². The molecule has 0 amide bonds. The van der Waals surface area contributed by atoms with Crippen molar-refractivity contribution in [1.29, 1.82) is 0 Å². The van der Waals surface area contributed by atoms with Gasteiger partial charge >= 0.3 is 6.01 Å². The molecule has 1 aromatic heterocycles. The smallest absolute Gasteiger partial charge is 0.322 e. The van der Waals surface area contributed by atoms with Crippen molar-refractivity contribution in [2.24, 2.45) is 0 Å². The number of aromatic nitrogens is 3. The predicted molar refractivity (Wildman–Crippen MR) is 75.2 cm³/mol. The van der Waals surface area contributed by atoms with Crippen LogP contribution in [0, 0.1) is 5.82 Å². The molecule has 0 unspecified atom stereocenters. The number of hydrogen-bond donors (Lipinski definition) is 2. The van der Waals surface area contributed by atoms with Gasteiger partial charge in [-0.25, -0.2) is 4.39 Å². The summed E-state index contributed by atoms with van der Waals surface area (Å²) >= 11 is 5.93.